The molecule has 12 heteroatoms. The van der Waals surface area contributed by atoms with Crippen LogP contribution in [0.3, 0.4) is 0 Å². The molecular formula is C22H22N4O6S2. The molecule has 1 fully saturated rings. The van der Waals surface area contributed by atoms with Gasteiger partial charge < -0.3 is 14.1 Å². The molecule has 0 radical (unpaired) electrons. The number of fused-ring (bicyclic) bond motifs is 3. The number of aromatic nitrogens is 1. The lowest BCUT2D eigenvalue weighted by Crippen LogP contribution is -2.38. The van der Waals surface area contributed by atoms with Crippen molar-refractivity contribution in [1.82, 2.24) is 9.47 Å². The number of rotatable bonds is 7. The van der Waals surface area contributed by atoms with Gasteiger partial charge in [-0.15, -0.1) is 11.3 Å². The fraction of sp³-hybridized carbons (Fsp3) is 0.318. The molecule has 0 amide bonds. The predicted molar refractivity (Wildman–Crippen MR) is 128 cm³/mol. The van der Waals surface area contributed by atoms with Gasteiger partial charge in [-0.05, 0) is 29.8 Å². The second-order valence-corrected chi connectivity index (χ2v) is 11.2. The van der Waals surface area contributed by atoms with E-state index < -0.39 is 14.8 Å². The van der Waals surface area contributed by atoms with Crippen molar-refractivity contribution >= 4 is 32.6 Å². The van der Waals surface area contributed by atoms with E-state index >= 15 is 0 Å². The summed E-state index contributed by atoms with van der Waals surface area (Å²) in [4.78, 5) is 19.2. The number of ether oxygens (including phenoxy) is 1. The summed E-state index contributed by atoms with van der Waals surface area (Å²) in [6, 6.07) is 9.66. The number of hydrogen-bond donors (Lipinski definition) is 0. The summed E-state index contributed by atoms with van der Waals surface area (Å²) in [5, 5.41) is 15.5. The van der Waals surface area contributed by atoms with Crippen molar-refractivity contribution in [3.63, 3.8) is 0 Å². The Labute approximate surface area is 200 Å². The van der Waals surface area contributed by atoms with Crippen molar-refractivity contribution in [2.45, 2.75) is 4.21 Å². The third-order valence-corrected chi connectivity index (χ3v) is 8.78. The molecule has 0 atom stereocenters. The molecule has 0 bridgehead atoms. The first-order valence-corrected chi connectivity index (χ1v) is 13.4. The number of hydrogen-bond acceptors (Lipinski definition) is 9. The fourth-order valence-corrected chi connectivity index (χ4v) is 6.61. The van der Waals surface area contributed by atoms with Crippen molar-refractivity contribution in [2.24, 2.45) is 5.16 Å². The van der Waals surface area contributed by atoms with E-state index in [2.05, 4.69) is 10.1 Å². The van der Waals surface area contributed by atoms with Crippen molar-refractivity contribution in [3.05, 3.63) is 63.3 Å². The molecule has 1 aromatic carbocycles. The number of nitro groups is 1. The topological polar surface area (TPSA) is 116 Å². The Morgan fingerprint density at radius 1 is 1.21 bits per heavy atom. The number of morpholine rings is 1. The molecule has 34 heavy (non-hydrogen) atoms. The first-order chi connectivity index (χ1) is 16.3. The van der Waals surface area contributed by atoms with Gasteiger partial charge in [-0.1, -0.05) is 5.16 Å². The van der Waals surface area contributed by atoms with Crippen LogP contribution in [-0.2, 0) is 19.4 Å². The normalized spacial score (nSPS) is 17.0. The summed E-state index contributed by atoms with van der Waals surface area (Å²) in [6.07, 6.45) is 3.01. The summed E-state index contributed by atoms with van der Waals surface area (Å²) in [7, 11) is -3.58. The molecule has 2 aromatic heterocycles. The number of non-ortho nitro benzene ring substituents is 1. The highest BCUT2D eigenvalue weighted by atomic mass is 32.2. The zero-order chi connectivity index (χ0) is 23.9. The van der Waals surface area contributed by atoms with Gasteiger partial charge in [-0.3, -0.25) is 15.0 Å². The maximum absolute atomic E-state index is 12.7. The van der Waals surface area contributed by atoms with Gasteiger partial charge >= 0.3 is 0 Å². The molecule has 0 N–H and O–H groups in total. The van der Waals surface area contributed by atoms with Crippen LogP contribution >= 0.6 is 11.3 Å². The first-order valence-electron chi connectivity index (χ1n) is 10.6. The van der Waals surface area contributed by atoms with Crippen LogP contribution in [0, 0.1) is 10.1 Å². The quantitative estimate of drug-likeness (QED) is 0.217. The summed E-state index contributed by atoms with van der Waals surface area (Å²) in [5.41, 5.74) is 3.09. The number of thiophene rings is 1. The molecule has 5 rings (SSSR count). The second-order valence-electron chi connectivity index (χ2n) is 8.01. The Balaban J connectivity index is 1.53. The maximum atomic E-state index is 12.7. The Morgan fingerprint density at radius 3 is 2.62 bits per heavy atom. The molecule has 4 heterocycles. The molecule has 2 aliphatic heterocycles. The number of nitrogens with zero attached hydrogens (tertiary/aromatic N) is 4. The van der Waals surface area contributed by atoms with Crippen LogP contribution in [0.15, 0.2) is 52.0 Å². The van der Waals surface area contributed by atoms with E-state index in [4.69, 9.17) is 9.57 Å². The van der Waals surface area contributed by atoms with Gasteiger partial charge in [0.1, 0.15) is 16.5 Å². The fourth-order valence-electron chi connectivity index (χ4n) is 4.14. The molecule has 2 aliphatic rings. The molecule has 10 nitrogen and oxygen atoms in total. The molecule has 0 aliphatic carbocycles. The van der Waals surface area contributed by atoms with E-state index in [0.29, 0.717) is 47.2 Å². The van der Waals surface area contributed by atoms with Crippen LogP contribution < -0.4 is 0 Å². The number of nitro benzene ring substituents is 1. The number of benzene rings is 1. The summed E-state index contributed by atoms with van der Waals surface area (Å²) in [6.45, 7) is 4.25. The van der Waals surface area contributed by atoms with Crippen LogP contribution in [-0.4, -0.2) is 74.2 Å². The van der Waals surface area contributed by atoms with Crippen LogP contribution in [0.1, 0.15) is 10.6 Å². The Morgan fingerprint density at radius 2 is 1.94 bits per heavy atom. The third kappa shape index (κ3) is 4.13. The van der Waals surface area contributed by atoms with Crippen molar-refractivity contribution < 1.29 is 22.9 Å². The first kappa shape index (κ1) is 22.7. The van der Waals surface area contributed by atoms with Gasteiger partial charge in [0.15, 0.2) is 9.84 Å². The van der Waals surface area contributed by atoms with Crippen LogP contribution in [0.4, 0.5) is 5.69 Å². The molecule has 0 saturated carbocycles. The standard InChI is InChI=1S/C22H22N4O6S2/c1-34(29,30)22-18(15-4-6-16(7-5-15)26(27)28)20-21(33-22)19(17-3-2-8-25(17)20)23-32-14-11-24-9-12-31-13-10-24/h2-8H,9-14H2,1H3/b23-19-. The highest BCUT2D eigenvalue weighted by Gasteiger charge is 2.35. The summed E-state index contributed by atoms with van der Waals surface area (Å²) in [5.74, 6) is 0. The highest BCUT2D eigenvalue weighted by molar-refractivity contribution is 7.93. The number of oxime groups is 1. The van der Waals surface area contributed by atoms with Crippen molar-refractivity contribution in [2.75, 3.05) is 45.7 Å². The second kappa shape index (κ2) is 8.95. The monoisotopic (exact) mass is 502 g/mol. The maximum Gasteiger partial charge on any atom is 0.269 e. The number of sulfone groups is 1. The average Bonchev–Trinajstić information content (AvgIpc) is 3.50. The third-order valence-electron chi connectivity index (χ3n) is 5.76. The minimum absolute atomic E-state index is 0.0610. The van der Waals surface area contributed by atoms with Crippen LogP contribution in [0.25, 0.3) is 16.8 Å². The Kier molecular flexibility index (Phi) is 5.98. The summed E-state index contributed by atoms with van der Waals surface area (Å²) >= 11 is 1.14. The molecule has 3 aromatic rings. The van der Waals surface area contributed by atoms with Gasteiger partial charge in [0.05, 0.1) is 34.4 Å². The summed E-state index contributed by atoms with van der Waals surface area (Å²) < 4.78 is 32.8. The van der Waals surface area contributed by atoms with E-state index in [-0.39, 0.29) is 9.90 Å². The minimum Gasteiger partial charge on any atom is -0.394 e. The van der Waals surface area contributed by atoms with Gasteiger partial charge in [0.25, 0.3) is 5.69 Å². The lowest BCUT2D eigenvalue weighted by Gasteiger charge is -2.25. The van der Waals surface area contributed by atoms with Crippen molar-refractivity contribution in [3.8, 4) is 16.8 Å². The van der Waals surface area contributed by atoms with E-state index in [1.165, 1.54) is 12.1 Å². The zero-order valence-corrected chi connectivity index (χ0v) is 20.0. The Bertz CT molecular complexity index is 1370. The lowest BCUT2D eigenvalue weighted by atomic mass is 10.1. The van der Waals surface area contributed by atoms with Gasteiger partial charge in [0, 0.05) is 49.8 Å². The van der Waals surface area contributed by atoms with E-state index in [1.807, 2.05) is 22.9 Å². The highest BCUT2D eigenvalue weighted by Crippen LogP contribution is 2.47. The van der Waals surface area contributed by atoms with E-state index in [0.717, 1.165) is 42.9 Å². The largest absolute Gasteiger partial charge is 0.394 e. The van der Waals surface area contributed by atoms with Crippen LogP contribution in [0.5, 0.6) is 0 Å². The Hall–Kier alpha value is -3.06. The SMILES string of the molecule is CS(=O)(=O)c1sc2c(c1-c1ccc([N+](=O)[O-])cc1)-n1cccc1/C2=N/OCCN1CCOCC1. The van der Waals surface area contributed by atoms with Gasteiger partial charge in [0.2, 0.25) is 0 Å². The molecular weight excluding hydrogens is 480 g/mol. The van der Waals surface area contributed by atoms with E-state index in [1.54, 1.807) is 12.1 Å². The van der Waals surface area contributed by atoms with E-state index in [9.17, 15) is 18.5 Å². The average molecular weight is 503 g/mol. The predicted octanol–water partition coefficient (Wildman–Crippen LogP) is 2.93. The zero-order valence-electron chi connectivity index (χ0n) is 18.3. The molecule has 178 valence electrons. The molecule has 0 unspecified atom stereocenters. The minimum atomic E-state index is -3.58. The van der Waals surface area contributed by atoms with Gasteiger partial charge in [-0.2, -0.15) is 0 Å². The van der Waals surface area contributed by atoms with Crippen molar-refractivity contribution in [1.29, 1.82) is 0 Å². The molecule has 1 saturated heterocycles. The van der Waals surface area contributed by atoms with Crippen LogP contribution in [0.2, 0.25) is 0 Å². The molecule has 0 spiro atoms. The smallest absolute Gasteiger partial charge is 0.269 e. The van der Waals surface area contributed by atoms with Gasteiger partial charge in [-0.25, -0.2) is 8.42 Å². The lowest BCUT2D eigenvalue weighted by molar-refractivity contribution is -0.384.